The zero-order valence-electron chi connectivity index (χ0n) is 7.64. The normalized spacial score (nSPS) is 13.1. The predicted molar refractivity (Wildman–Crippen MR) is 58.6 cm³/mol. The molecule has 1 unspecified atom stereocenters. The molecule has 2 heterocycles. The van der Waals surface area contributed by atoms with Gasteiger partial charge in [0, 0.05) is 18.1 Å². The molecule has 0 aliphatic heterocycles. The lowest BCUT2D eigenvalue weighted by Crippen LogP contribution is -2.10. The van der Waals surface area contributed by atoms with Crippen molar-refractivity contribution in [1.29, 1.82) is 0 Å². The molecular formula is C9H10ClN3S. The highest BCUT2D eigenvalue weighted by molar-refractivity contribution is 7.16. The Hall–Kier alpha value is -0.840. The lowest BCUT2D eigenvalue weighted by molar-refractivity contribution is 0.852. The van der Waals surface area contributed by atoms with Gasteiger partial charge in [0.1, 0.15) is 0 Å². The van der Waals surface area contributed by atoms with Gasteiger partial charge in [0.25, 0.3) is 0 Å². The summed E-state index contributed by atoms with van der Waals surface area (Å²) >= 11 is 7.33. The van der Waals surface area contributed by atoms with Gasteiger partial charge in [-0.05, 0) is 12.1 Å². The molecule has 0 fully saturated rings. The maximum atomic E-state index is 6.02. The highest BCUT2D eigenvalue weighted by Gasteiger charge is 2.13. The summed E-state index contributed by atoms with van der Waals surface area (Å²) in [6.07, 6.45) is 3.66. The van der Waals surface area contributed by atoms with E-state index in [-0.39, 0.29) is 6.04 Å². The van der Waals surface area contributed by atoms with Crippen molar-refractivity contribution in [3.8, 4) is 0 Å². The second-order valence-electron chi connectivity index (χ2n) is 3.08. The predicted octanol–water partition coefficient (Wildman–Crippen LogP) is 2.18. The van der Waals surface area contributed by atoms with Gasteiger partial charge in [0.15, 0.2) is 0 Å². The van der Waals surface area contributed by atoms with Crippen LogP contribution >= 0.6 is 22.9 Å². The lowest BCUT2D eigenvalue weighted by atomic mass is 10.2. The Morgan fingerprint density at radius 3 is 2.86 bits per heavy atom. The maximum absolute atomic E-state index is 6.02. The van der Waals surface area contributed by atoms with Crippen LogP contribution in [0.4, 0.5) is 0 Å². The first-order valence-electron chi connectivity index (χ1n) is 4.15. The third kappa shape index (κ3) is 1.82. The average molecular weight is 228 g/mol. The summed E-state index contributed by atoms with van der Waals surface area (Å²) in [5, 5.41) is 0. The van der Waals surface area contributed by atoms with Crippen molar-refractivity contribution in [1.82, 2.24) is 9.55 Å². The average Bonchev–Trinajstić information content (AvgIpc) is 2.73. The number of hydrogen-bond acceptors (Lipinski definition) is 3. The van der Waals surface area contributed by atoms with Crippen molar-refractivity contribution >= 4 is 22.9 Å². The van der Waals surface area contributed by atoms with Crippen LogP contribution in [-0.2, 0) is 7.05 Å². The fourth-order valence-corrected chi connectivity index (χ4v) is 2.31. The van der Waals surface area contributed by atoms with Crippen LogP contribution < -0.4 is 5.73 Å². The number of rotatable bonds is 2. The van der Waals surface area contributed by atoms with Gasteiger partial charge in [-0.3, -0.25) is 0 Å². The van der Waals surface area contributed by atoms with E-state index in [1.807, 2.05) is 29.9 Å². The molecule has 0 bridgehead atoms. The van der Waals surface area contributed by atoms with Crippen molar-refractivity contribution < 1.29 is 0 Å². The van der Waals surface area contributed by atoms with Crippen LogP contribution in [0.3, 0.4) is 0 Å². The molecular weight excluding hydrogens is 218 g/mol. The molecule has 0 amide bonds. The number of nitrogens with zero attached hydrogens (tertiary/aromatic N) is 2. The van der Waals surface area contributed by atoms with Gasteiger partial charge in [-0.1, -0.05) is 11.6 Å². The third-order valence-corrected chi connectivity index (χ3v) is 3.26. The van der Waals surface area contributed by atoms with Gasteiger partial charge in [-0.15, -0.1) is 11.3 Å². The smallest absolute Gasteiger partial charge is 0.0947 e. The first-order chi connectivity index (χ1) is 6.66. The van der Waals surface area contributed by atoms with Crippen molar-refractivity contribution in [3.63, 3.8) is 0 Å². The van der Waals surface area contributed by atoms with Crippen LogP contribution in [0.1, 0.15) is 16.6 Å². The van der Waals surface area contributed by atoms with Gasteiger partial charge in [0.05, 0.1) is 22.4 Å². The topological polar surface area (TPSA) is 43.8 Å². The molecule has 5 heteroatoms. The van der Waals surface area contributed by atoms with Crippen LogP contribution in [0.5, 0.6) is 0 Å². The molecule has 0 spiro atoms. The quantitative estimate of drug-likeness (QED) is 0.855. The van der Waals surface area contributed by atoms with E-state index in [4.69, 9.17) is 17.3 Å². The summed E-state index contributed by atoms with van der Waals surface area (Å²) in [5.41, 5.74) is 6.89. The molecule has 0 saturated heterocycles. The van der Waals surface area contributed by atoms with E-state index >= 15 is 0 Å². The van der Waals surface area contributed by atoms with Crippen molar-refractivity contribution in [3.05, 3.63) is 39.6 Å². The SMILES string of the molecule is Cn1cnc(C(N)c2ccc(Cl)s2)c1. The molecule has 2 aromatic rings. The van der Waals surface area contributed by atoms with Crippen LogP contribution in [-0.4, -0.2) is 9.55 Å². The molecule has 2 aromatic heterocycles. The number of hydrogen-bond donors (Lipinski definition) is 1. The Balaban J connectivity index is 2.28. The molecule has 3 nitrogen and oxygen atoms in total. The minimum Gasteiger partial charge on any atom is -0.340 e. The van der Waals surface area contributed by atoms with E-state index in [1.165, 1.54) is 11.3 Å². The fourth-order valence-electron chi connectivity index (χ4n) is 1.23. The molecule has 0 radical (unpaired) electrons. The van der Waals surface area contributed by atoms with Crippen LogP contribution in [0.15, 0.2) is 24.7 Å². The Bertz CT molecular complexity index is 394. The Morgan fingerprint density at radius 2 is 2.36 bits per heavy atom. The van der Waals surface area contributed by atoms with Gasteiger partial charge in [-0.2, -0.15) is 0 Å². The molecule has 74 valence electrons. The molecule has 1 atom stereocenters. The van der Waals surface area contributed by atoms with E-state index < -0.39 is 0 Å². The number of aromatic nitrogens is 2. The van der Waals surface area contributed by atoms with E-state index in [9.17, 15) is 0 Å². The zero-order valence-corrected chi connectivity index (χ0v) is 9.22. The second kappa shape index (κ2) is 3.73. The standard InChI is InChI=1S/C9H10ClN3S/c1-13-4-6(12-5-13)9(11)7-2-3-8(10)14-7/h2-5,9H,11H2,1H3. The highest BCUT2D eigenvalue weighted by atomic mass is 35.5. The first-order valence-corrected chi connectivity index (χ1v) is 5.35. The fraction of sp³-hybridized carbons (Fsp3) is 0.222. The highest BCUT2D eigenvalue weighted by Crippen LogP contribution is 2.28. The van der Waals surface area contributed by atoms with Crippen molar-refractivity contribution in [2.75, 3.05) is 0 Å². The lowest BCUT2D eigenvalue weighted by Gasteiger charge is -2.04. The van der Waals surface area contributed by atoms with E-state index in [0.29, 0.717) is 0 Å². The number of imidazole rings is 1. The molecule has 0 aliphatic rings. The van der Waals surface area contributed by atoms with Crippen LogP contribution in [0.2, 0.25) is 4.34 Å². The van der Waals surface area contributed by atoms with Crippen molar-refractivity contribution in [2.24, 2.45) is 12.8 Å². The Labute approximate surface area is 91.1 Å². The third-order valence-electron chi connectivity index (χ3n) is 1.94. The van der Waals surface area contributed by atoms with Gasteiger partial charge in [0.2, 0.25) is 0 Å². The van der Waals surface area contributed by atoms with E-state index in [2.05, 4.69) is 4.98 Å². The molecule has 2 N–H and O–H groups in total. The van der Waals surface area contributed by atoms with Gasteiger partial charge < -0.3 is 10.3 Å². The molecule has 14 heavy (non-hydrogen) atoms. The summed E-state index contributed by atoms with van der Waals surface area (Å²) in [5.74, 6) is 0. The van der Waals surface area contributed by atoms with E-state index in [1.54, 1.807) is 6.33 Å². The molecule has 2 rings (SSSR count). The minimum absolute atomic E-state index is 0.173. The second-order valence-corrected chi connectivity index (χ2v) is 4.83. The summed E-state index contributed by atoms with van der Waals surface area (Å²) in [6, 6.07) is 3.62. The van der Waals surface area contributed by atoms with Crippen LogP contribution in [0.25, 0.3) is 0 Å². The van der Waals surface area contributed by atoms with E-state index in [0.717, 1.165) is 14.9 Å². The molecule has 0 saturated carbocycles. The number of aryl methyl sites for hydroxylation is 1. The number of halogens is 1. The first kappa shape index (κ1) is 9.71. The number of thiophene rings is 1. The molecule has 0 aromatic carbocycles. The summed E-state index contributed by atoms with van der Waals surface area (Å²) in [7, 11) is 1.92. The Kier molecular flexibility index (Phi) is 2.58. The largest absolute Gasteiger partial charge is 0.340 e. The van der Waals surface area contributed by atoms with Gasteiger partial charge in [-0.25, -0.2) is 4.98 Å². The molecule has 0 aliphatic carbocycles. The Morgan fingerprint density at radius 1 is 1.57 bits per heavy atom. The number of nitrogens with two attached hydrogens (primary N) is 1. The maximum Gasteiger partial charge on any atom is 0.0947 e. The van der Waals surface area contributed by atoms with Crippen molar-refractivity contribution in [2.45, 2.75) is 6.04 Å². The summed E-state index contributed by atoms with van der Waals surface area (Å²) in [4.78, 5) is 5.24. The zero-order chi connectivity index (χ0) is 10.1. The van der Waals surface area contributed by atoms with Crippen LogP contribution in [0, 0.1) is 0 Å². The minimum atomic E-state index is -0.173. The van der Waals surface area contributed by atoms with Gasteiger partial charge >= 0.3 is 0 Å². The monoisotopic (exact) mass is 227 g/mol. The summed E-state index contributed by atoms with van der Waals surface area (Å²) in [6.45, 7) is 0. The summed E-state index contributed by atoms with van der Waals surface area (Å²) < 4.78 is 2.64.